The van der Waals surface area contributed by atoms with Gasteiger partial charge in [0.15, 0.2) is 0 Å². The molecule has 36 heavy (non-hydrogen) atoms. The van der Waals surface area contributed by atoms with Crippen LogP contribution in [0.4, 0.5) is 4.79 Å². The number of carbonyl (C=O) groups excluding carboxylic acids is 3. The van der Waals surface area contributed by atoms with E-state index in [4.69, 9.17) is 0 Å². The van der Waals surface area contributed by atoms with E-state index < -0.39 is 42.0 Å². The van der Waals surface area contributed by atoms with Crippen molar-refractivity contribution in [2.75, 3.05) is 13.2 Å². The van der Waals surface area contributed by atoms with Gasteiger partial charge in [0.25, 0.3) is 0 Å². The van der Waals surface area contributed by atoms with Gasteiger partial charge >= 0.3 is 6.03 Å². The van der Waals surface area contributed by atoms with Crippen molar-refractivity contribution in [1.29, 1.82) is 0 Å². The normalized spacial score (nSPS) is 14.4. The Morgan fingerprint density at radius 2 is 0.944 bits per heavy atom. The maximum absolute atomic E-state index is 13.1. The van der Waals surface area contributed by atoms with E-state index in [1.165, 1.54) is 0 Å². The molecule has 0 spiro atoms. The maximum atomic E-state index is 13.1. The third-order valence-corrected chi connectivity index (χ3v) is 6.00. The topological polar surface area (TPSA) is 140 Å². The van der Waals surface area contributed by atoms with Crippen LogP contribution in [0.5, 0.6) is 0 Å². The number of urea groups is 1. The van der Waals surface area contributed by atoms with Crippen LogP contribution < -0.4 is 21.3 Å². The van der Waals surface area contributed by atoms with Gasteiger partial charge in [0.2, 0.25) is 11.8 Å². The number of aliphatic hydroxyl groups is 2. The minimum atomic E-state index is -1.06. The van der Waals surface area contributed by atoms with Crippen LogP contribution in [0.3, 0.4) is 0 Å². The lowest BCUT2D eigenvalue weighted by molar-refractivity contribution is -0.124. The summed E-state index contributed by atoms with van der Waals surface area (Å²) in [5.74, 6) is -0.999. The molecule has 2 rings (SSSR count). The summed E-state index contributed by atoms with van der Waals surface area (Å²) in [5, 5.41) is 30.2. The Hall–Kier alpha value is -3.43. The quantitative estimate of drug-likeness (QED) is 0.266. The van der Waals surface area contributed by atoms with Crippen LogP contribution in [0, 0.1) is 11.8 Å². The Balaban J connectivity index is 2.27. The Morgan fingerprint density at radius 1 is 0.611 bits per heavy atom. The molecule has 0 saturated carbocycles. The first-order chi connectivity index (χ1) is 17.2. The largest absolute Gasteiger partial charge is 0.394 e. The highest BCUT2D eigenvalue weighted by Gasteiger charge is 2.29. The number of rotatable bonds is 12. The molecule has 0 unspecified atom stereocenters. The molecule has 0 aliphatic carbocycles. The average molecular weight is 499 g/mol. The molecule has 2 aromatic rings. The Kier molecular flexibility index (Phi) is 11.4. The smallest absolute Gasteiger partial charge is 0.316 e. The zero-order valence-corrected chi connectivity index (χ0v) is 21.3. The summed E-state index contributed by atoms with van der Waals surface area (Å²) in [6.07, 6.45) is 0. The SMILES string of the molecule is CC(C)[C@@H](CO)NC(=O)[C@H](NC(=O)N[C@@H](C(=O)N[C@H](CO)C(C)C)c1ccccc1)c1ccccc1. The molecular formula is C27H38N4O5. The van der Waals surface area contributed by atoms with E-state index in [0.717, 1.165) is 0 Å². The highest BCUT2D eigenvalue weighted by atomic mass is 16.3. The molecule has 9 heteroatoms. The van der Waals surface area contributed by atoms with Gasteiger partial charge in [-0.25, -0.2) is 4.79 Å². The van der Waals surface area contributed by atoms with Gasteiger partial charge < -0.3 is 31.5 Å². The molecule has 9 nitrogen and oxygen atoms in total. The predicted octanol–water partition coefficient (Wildman–Crippen LogP) is 2.03. The number of benzene rings is 2. The van der Waals surface area contributed by atoms with Crippen LogP contribution >= 0.6 is 0 Å². The number of hydrogen-bond donors (Lipinski definition) is 6. The van der Waals surface area contributed by atoms with Gasteiger partial charge in [-0.1, -0.05) is 88.4 Å². The summed E-state index contributed by atoms with van der Waals surface area (Å²) in [7, 11) is 0. The molecule has 0 fully saturated rings. The fraction of sp³-hybridized carbons (Fsp3) is 0.444. The van der Waals surface area contributed by atoms with Crippen molar-refractivity contribution in [3.8, 4) is 0 Å². The summed E-state index contributed by atoms with van der Waals surface area (Å²) in [5.41, 5.74) is 1.10. The van der Waals surface area contributed by atoms with Gasteiger partial charge in [-0.3, -0.25) is 9.59 Å². The molecule has 6 N–H and O–H groups in total. The fourth-order valence-electron chi connectivity index (χ4n) is 3.57. The van der Waals surface area contributed by atoms with E-state index in [1.807, 2.05) is 27.7 Å². The molecule has 0 aromatic heterocycles. The second-order valence-electron chi connectivity index (χ2n) is 9.39. The Morgan fingerprint density at radius 3 is 1.22 bits per heavy atom. The van der Waals surface area contributed by atoms with E-state index in [9.17, 15) is 24.6 Å². The third kappa shape index (κ3) is 8.35. The summed E-state index contributed by atoms with van der Waals surface area (Å²) in [6.45, 7) is 7.01. The lowest BCUT2D eigenvalue weighted by Crippen LogP contribution is -2.52. The molecule has 0 saturated heterocycles. The van der Waals surface area contributed by atoms with E-state index in [0.29, 0.717) is 11.1 Å². The molecule has 196 valence electrons. The molecule has 0 bridgehead atoms. The Labute approximate surface area is 212 Å². The fourth-order valence-corrected chi connectivity index (χ4v) is 3.57. The molecule has 4 atom stereocenters. The second-order valence-corrected chi connectivity index (χ2v) is 9.39. The van der Waals surface area contributed by atoms with Gasteiger partial charge in [-0.15, -0.1) is 0 Å². The van der Waals surface area contributed by atoms with Crippen LogP contribution in [-0.2, 0) is 9.59 Å². The highest BCUT2D eigenvalue weighted by Crippen LogP contribution is 2.17. The molecule has 0 radical (unpaired) electrons. The minimum absolute atomic E-state index is 0.0178. The van der Waals surface area contributed by atoms with Crippen LogP contribution in [-0.4, -0.2) is 53.4 Å². The lowest BCUT2D eigenvalue weighted by Gasteiger charge is -2.27. The first-order valence-electron chi connectivity index (χ1n) is 12.2. The minimum Gasteiger partial charge on any atom is -0.394 e. The van der Waals surface area contributed by atoms with E-state index in [-0.39, 0.29) is 25.0 Å². The zero-order valence-electron chi connectivity index (χ0n) is 21.3. The van der Waals surface area contributed by atoms with Crippen molar-refractivity contribution in [2.45, 2.75) is 51.9 Å². The summed E-state index contributed by atoms with van der Waals surface area (Å²) in [6, 6.07) is 13.6. The van der Waals surface area contributed by atoms with Gasteiger partial charge in [0.05, 0.1) is 25.3 Å². The third-order valence-electron chi connectivity index (χ3n) is 6.00. The Bertz CT molecular complexity index is 891. The molecule has 4 amide bonds. The van der Waals surface area contributed by atoms with Gasteiger partial charge in [0, 0.05) is 0 Å². The van der Waals surface area contributed by atoms with Crippen molar-refractivity contribution in [2.24, 2.45) is 11.8 Å². The standard InChI is InChI=1S/C27H38N4O5/c1-17(2)21(15-32)28-25(34)23(19-11-7-5-8-12-19)30-27(36)31-24(20-13-9-6-10-14-20)26(35)29-22(16-33)18(3)4/h5-14,17-18,21-24,32-33H,15-16H2,1-4H3,(H,28,34)(H,29,35)(H2,30,31,36)/t21-,22-,23-,24-/m1/s1. The van der Waals surface area contributed by atoms with Crippen LogP contribution in [0.2, 0.25) is 0 Å². The lowest BCUT2D eigenvalue weighted by atomic mass is 10.0. The number of carbonyl (C=O) groups is 3. The van der Waals surface area contributed by atoms with Crippen molar-refractivity contribution in [3.05, 3.63) is 71.8 Å². The van der Waals surface area contributed by atoms with Crippen LogP contribution in [0.15, 0.2) is 60.7 Å². The number of aliphatic hydroxyl groups excluding tert-OH is 2. The number of nitrogens with one attached hydrogen (secondary N) is 4. The summed E-state index contributed by atoms with van der Waals surface area (Å²) < 4.78 is 0. The number of amides is 4. The molecule has 2 aromatic carbocycles. The maximum Gasteiger partial charge on any atom is 0.316 e. The predicted molar refractivity (Wildman–Crippen MR) is 138 cm³/mol. The van der Waals surface area contributed by atoms with Crippen LogP contribution in [0.25, 0.3) is 0 Å². The van der Waals surface area contributed by atoms with E-state index >= 15 is 0 Å². The average Bonchev–Trinajstić information content (AvgIpc) is 2.87. The highest BCUT2D eigenvalue weighted by molar-refractivity contribution is 5.91. The van der Waals surface area contributed by atoms with E-state index in [2.05, 4.69) is 21.3 Å². The van der Waals surface area contributed by atoms with Gasteiger partial charge in [-0.05, 0) is 23.0 Å². The van der Waals surface area contributed by atoms with Crippen molar-refractivity contribution in [1.82, 2.24) is 21.3 Å². The first kappa shape index (κ1) is 28.8. The monoisotopic (exact) mass is 498 g/mol. The van der Waals surface area contributed by atoms with Gasteiger partial charge in [0.1, 0.15) is 12.1 Å². The first-order valence-corrected chi connectivity index (χ1v) is 12.2. The zero-order chi connectivity index (χ0) is 26.7. The second kappa shape index (κ2) is 14.2. The van der Waals surface area contributed by atoms with E-state index in [1.54, 1.807) is 60.7 Å². The summed E-state index contributed by atoms with van der Waals surface area (Å²) >= 11 is 0. The molecule has 0 heterocycles. The molecular weight excluding hydrogens is 460 g/mol. The van der Waals surface area contributed by atoms with Gasteiger partial charge in [-0.2, -0.15) is 0 Å². The summed E-state index contributed by atoms with van der Waals surface area (Å²) in [4.78, 5) is 39.4. The number of hydrogen-bond acceptors (Lipinski definition) is 5. The molecule has 0 aliphatic rings. The molecule has 0 aliphatic heterocycles. The van der Waals surface area contributed by atoms with Crippen molar-refractivity contribution < 1.29 is 24.6 Å². The van der Waals surface area contributed by atoms with Crippen molar-refractivity contribution >= 4 is 17.8 Å². The van der Waals surface area contributed by atoms with Crippen molar-refractivity contribution in [3.63, 3.8) is 0 Å². The van der Waals surface area contributed by atoms with Crippen LogP contribution in [0.1, 0.15) is 50.9 Å².